The third-order valence-electron chi connectivity index (χ3n) is 1.90. The fourth-order valence-corrected chi connectivity index (χ4v) is 1.28. The van der Waals surface area contributed by atoms with E-state index in [1.165, 1.54) is 4.90 Å². The first kappa shape index (κ1) is 13.9. The van der Waals surface area contributed by atoms with Crippen LogP contribution in [0.1, 0.15) is 27.2 Å². The van der Waals surface area contributed by atoms with Crippen molar-refractivity contribution in [3.63, 3.8) is 0 Å². The zero-order valence-electron chi connectivity index (χ0n) is 9.52. The minimum atomic E-state index is -1.000. The number of carboxylic acids is 1. The number of carboxylic acid groups (broad SMARTS) is 1. The Morgan fingerprint density at radius 1 is 1.40 bits per heavy atom. The van der Waals surface area contributed by atoms with Crippen LogP contribution >= 0.6 is 0 Å². The Morgan fingerprint density at radius 3 is 2.40 bits per heavy atom. The summed E-state index contributed by atoms with van der Waals surface area (Å²) in [6.07, 6.45) is 0.165. The van der Waals surface area contributed by atoms with Gasteiger partial charge in [-0.15, -0.1) is 0 Å². The van der Waals surface area contributed by atoms with Crippen LogP contribution in [-0.4, -0.2) is 47.7 Å². The Kier molecular flexibility index (Phi) is 6.70. The van der Waals surface area contributed by atoms with E-state index < -0.39 is 12.1 Å². The van der Waals surface area contributed by atoms with Crippen LogP contribution in [0.4, 0.5) is 0 Å². The van der Waals surface area contributed by atoms with Crippen molar-refractivity contribution in [1.82, 2.24) is 4.90 Å². The van der Waals surface area contributed by atoms with Gasteiger partial charge in [0, 0.05) is 13.2 Å². The van der Waals surface area contributed by atoms with Gasteiger partial charge in [0.1, 0.15) is 12.6 Å². The van der Waals surface area contributed by atoms with Gasteiger partial charge in [0.25, 0.3) is 5.91 Å². The summed E-state index contributed by atoms with van der Waals surface area (Å²) in [5.74, 6) is -1.26. The van der Waals surface area contributed by atoms with Crippen LogP contribution in [-0.2, 0) is 14.3 Å². The van der Waals surface area contributed by atoms with Crippen LogP contribution in [0.5, 0.6) is 0 Å². The quantitative estimate of drug-likeness (QED) is 0.682. The van der Waals surface area contributed by atoms with Crippen molar-refractivity contribution < 1.29 is 19.4 Å². The molecule has 0 bridgehead atoms. The molecule has 0 rings (SSSR count). The summed E-state index contributed by atoms with van der Waals surface area (Å²) in [4.78, 5) is 23.5. The molecule has 0 aromatic heterocycles. The highest BCUT2D eigenvalue weighted by Crippen LogP contribution is 2.00. The molecule has 0 aliphatic rings. The second kappa shape index (κ2) is 7.23. The molecule has 0 aliphatic carbocycles. The highest BCUT2D eigenvalue weighted by molar-refractivity contribution is 5.84. The normalized spacial score (nSPS) is 12.2. The Morgan fingerprint density at radius 2 is 2.00 bits per heavy atom. The van der Waals surface area contributed by atoms with Crippen LogP contribution < -0.4 is 0 Å². The molecule has 88 valence electrons. The van der Waals surface area contributed by atoms with E-state index in [2.05, 4.69) is 0 Å². The van der Waals surface area contributed by atoms with E-state index >= 15 is 0 Å². The number of nitrogens with zero attached hydrogens (tertiary/aromatic N) is 1. The van der Waals surface area contributed by atoms with Crippen molar-refractivity contribution in [2.24, 2.45) is 0 Å². The molecule has 0 aromatic rings. The minimum Gasteiger partial charge on any atom is -0.480 e. The number of hydrogen-bond donors (Lipinski definition) is 1. The Bertz CT molecular complexity index is 217. The molecular formula is C10H19NO4. The molecule has 5 heteroatoms. The molecule has 1 atom stereocenters. The van der Waals surface area contributed by atoms with Crippen LogP contribution in [0.3, 0.4) is 0 Å². The molecule has 0 heterocycles. The van der Waals surface area contributed by atoms with E-state index in [-0.39, 0.29) is 12.5 Å². The van der Waals surface area contributed by atoms with Gasteiger partial charge in [-0.2, -0.15) is 0 Å². The number of ether oxygens (including phenoxy) is 1. The van der Waals surface area contributed by atoms with Gasteiger partial charge in [-0.1, -0.05) is 6.92 Å². The van der Waals surface area contributed by atoms with E-state index in [9.17, 15) is 9.59 Å². The van der Waals surface area contributed by atoms with Crippen molar-refractivity contribution in [3.05, 3.63) is 0 Å². The van der Waals surface area contributed by atoms with Crippen molar-refractivity contribution >= 4 is 11.9 Å². The first-order valence-electron chi connectivity index (χ1n) is 5.15. The number of hydrogen-bond acceptors (Lipinski definition) is 3. The van der Waals surface area contributed by atoms with Gasteiger partial charge in [0.15, 0.2) is 0 Å². The van der Waals surface area contributed by atoms with Crippen molar-refractivity contribution in [2.75, 3.05) is 19.7 Å². The molecule has 1 amide bonds. The van der Waals surface area contributed by atoms with Gasteiger partial charge in [-0.25, -0.2) is 0 Å². The molecule has 1 N–H and O–H groups in total. The molecule has 15 heavy (non-hydrogen) atoms. The predicted molar refractivity (Wildman–Crippen MR) is 55.6 cm³/mol. The lowest BCUT2D eigenvalue weighted by molar-refractivity contribution is -0.150. The largest absolute Gasteiger partial charge is 0.480 e. The molecule has 5 nitrogen and oxygen atoms in total. The summed E-state index contributed by atoms with van der Waals surface area (Å²) < 4.78 is 5.13. The lowest BCUT2D eigenvalue weighted by Crippen LogP contribution is -2.42. The lowest BCUT2D eigenvalue weighted by atomic mass is 10.3. The number of aliphatic carboxylic acids is 1. The summed E-state index contributed by atoms with van der Waals surface area (Å²) in [5.41, 5.74) is 0. The maximum absolute atomic E-state index is 11.7. The lowest BCUT2D eigenvalue weighted by Gasteiger charge is -2.23. The maximum Gasteiger partial charge on any atom is 0.323 e. The second-order valence-corrected chi connectivity index (χ2v) is 3.25. The van der Waals surface area contributed by atoms with Gasteiger partial charge < -0.3 is 14.7 Å². The smallest absolute Gasteiger partial charge is 0.323 e. The summed E-state index contributed by atoms with van der Waals surface area (Å²) in [7, 11) is 0. The Balaban J connectivity index is 4.32. The SMILES string of the molecule is CCCN(CC(=O)O)C(=O)C(C)OCC. The predicted octanol–water partition coefficient (Wildman–Crippen LogP) is 0.735. The number of carbonyl (C=O) groups is 2. The number of amides is 1. The van der Waals surface area contributed by atoms with Crippen LogP contribution in [0, 0.1) is 0 Å². The third-order valence-corrected chi connectivity index (χ3v) is 1.90. The van der Waals surface area contributed by atoms with E-state index in [0.29, 0.717) is 13.2 Å². The fourth-order valence-electron chi connectivity index (χ4n) is 1.28. The standard InChI is InChI=1S/C10H19NO4/c1-4-6-11(7-9(12)13)10(14)8(3)15-5-2/h8H,4-7H2,1-3H3,(H,12,13). The van der Waals surface area contributed by atoms with Crippen LogP contribution in [0.25, 0.3) is 0 Å². The zero-order chi connectivity index (χ0) is 11.8. The van der Waals surface area contributed by atoms with Crippen LogP contribution in [0.2, 0.25) is 0 Å². The van der Waals surface area contributed by atoms with E-state index in [0.717, 1.165) is 6.42 Å². The summed E-state index contributed by atoms with van der Waals surface area (Å²) in [6.45, 7) is 5.96. The minimum absolute atomic E-state index is 0.260. The molecule has 0 saturated carbocycles. The Hall–Kier alpha value is -1.10. The fraction of sp³-hybridized carbons (Fsp3) is 0.800. The summed E-state index contributed by atoms with van der Waals surface area (Å²) in [6, 6.07) is 0. The van der Waals surface area contributed by atoms with Gasteiger partial charge in [-0.3, -0.25) is 9.59 Å². The second-order valence-electron chi connectivity index (χ2n) is 3.25. The molecule has 0 spiro atoms. The molecule has 0 radical (unpaired) electrons. The van der Waals surface area contributed by atoms with Crippen molar-refractivity contribution in [3.8, 4) is 0 Å². The number of carbonyl (C=O) groups excluding carboxylic acids is 1. The van der Waals surface area contributed by atoms with Gasteiger partial charge in [0.05, 0.1) is 0 Å². The molecule has 1 unspecified atom stereocenters. The molecule has 0 fully saturated rings. The van der Waals surface area contributed by atoms with Gasteiger partial charge >= 0.3 is 5.97 Å². The highest BCUT2D eigenvalue weighted by atomic mass is 16.5. The Labute approximate surface area is 90.0 Å². The summed E-state index contributed by atoms with van der Waals surface area (Å²) >= 11 is 0. The van der Waals surface area contributed by atoms with E-state index in [4.69, 9.17) is 9.84 Å². The van der Waals surface area contributed by atoms with E-state index in [1.54, 1.807) is 13.8 Å². The van der Waals surface area contributed by atoms with E-state index in [1.807, 2.05) is 6.92 Å². The maximum atomic E-state index is 11.7. The van der Waals surface area contributed by atoms with Crippen molar-refractivity contribution in [2.45, 2.75) is 33.3 Å². The average Bonchev–Trinajstić information content (AvgIpc) is 2.16. The molecule has 0 saturated heterocycles. The monoisotopic (exact) mass is 217 g/mol. The highest BCUT2D eigenvalue weighted by Gasteiger charge is 2.21. The summed E-state index contributed by atoms with van der Waals surface area (Å²) in [5, 5.41) is 8.64. The van der Waals surface area contributed by atoms with Crippen molar-refractivity contribution in [1.29, 1.82) is 0 Å². The first-order chi connectivity index (χ1) is 7.02. The van der Waals surface area contributed by atoms with Gasteiger partial charge in [0.2, 0.25) is 0 Å². The molecule has 0 aromatic carbocycles. The average molecular weight is 217 g/mol. The zero-order valence-corrected chi connectivity index (χ0v) is 9.52. The molecular weight excluding hydrogens is 198 g/mol. The van der Waals surface area contributed by atoms with Gasteiger partial charge in [-0.05, 0) is 20.3 Å². The van der Waals surface area contributed by atoms with Crippen LogP contribution in [0.15, 0.2) is 0 Å². The first-order valence-corrected chi connectivity index (χ1v) is 5.15. The molecule has 0 aliphatic heterocycles. The third kappa shape index (κ3) is 5.37. The topological polar surface area (TPSA) is 66.8 Å². The number of rotatable bonds is 7.